The summed E-state index contributed by atoms with van der Waals surface area (Å²) >= 11 is 5.93. The van der Waals surface area contributed by atoms with Gasteiger partial charge >= 0.3 is 0 Å². The second-order valence-electron chi connectivity index (χ2n) is 5.29. The lowest BCUT2D eigenvalue weighted by atomic mass is 10.1. The van der Waals surface area contributed by atoms with Crippen molar-refractivity contribution in [2.24, 2.45) is 0 Å². The molecule has 23 heavy (non-hydrogen) atoms. The molecule has 0 N–H and O–H groups in total. The predicted octanol–water partition coefficient (Wildman–Crippen LogP) is 2.82. The molecule has 1 aliphatic heterocycles. The highest BCUT2D eigenvalue weighted by molar-refractivity contribution is 6.30. The third-order valence-corrected chi connectivity index (χ3v) is 4.08. The number of benzene rings is 1. The Morgan fingerprint density at radius 1 is 1.30 bits per heavy atom. The fourth-order valence-corrected chi connectivity index (χ4v) is 2.68. The van der Waals surface area contributed by atoms with Gasteiger partial charge in [-0.15, -0.1) is 5.10 Å². The monoisotopic (exact) mass is 331 g/mol. The maximum absolute atomic E-state index is 5.95. The summed E-state index contributed by atoms with van der Waals surface area (Å²) in [5, 5.41) is 13.0. The molecule has 0 bridgehead atoms. The molecular weight excluding hydrogens is 318 g/mol. The first-order chi connectivity index (χ1) is 11.2. The number of nitrogens with zero attached hydrogens (tertiary/aromatic N) is 5. The minimum absolute atomic E-state index is 0.0804. The fourth-order valence-electron chi connectivity index (χ4n) is 2.55. The van der Waals surface area contributed by atoms with E-state index in [-0.39, 0.29) is 6.10 Å². The zero-order valence-electron chi connectivity index (χ0n) is 12.4. The van der Waals surface area contributed by atoms with E-state index in [4.69, 9.17) is 20.9 Å². The molecule has 7 nitrogen and oxygen atoms in total. The van der Waals surface area contributed by atoms with Crippen LogP contribution < -0.4 is 0 Å². The number of fused-ring (bicyclic) bond motifs is 1. The smallest absolute Gasteiger partial charge is 0.280 e. The molecule has 0 fully saturated rings. The van der Waals surface area contributed by atoms with E-state index in [9.17, 15) is 0 Å². The highest BCUT2D eigenvalue weighted by atomic mass is 35.5. The largest absolute Gasteiger partial charge is 0.365 e. The van der Waals surface area contributed by atoms with Gasteiger partial charge in [0.1, 0.15) is 6.10 Å². The Labute approximate surface area is 137 Å². The van der Waals surface area contributed by atoms with Crippen LogP contribution in [-0.4, -0.2) is 25.1 Å². The van der Waals surface area contributed by atoms with E-state index < -0.39 is 0 Å². The third kappa shape index (κ3) is 2.62. The topological polar surface area (TPSA) is 78.9 Å². The van der Waals surface area contributed by atoms with Gasteiger partial charge in [0.25, 0.3) is 5.89 Å². The van der Waals surface area contributed by atoms with Crippen molar-refractivity contribution in [1.29, 1.82) is 0 Å². The molecule has 1 aromatic carbocycles. The van der Waals surface area contributed by atoms with Crippen molar-refractivity contribution >= 4 is 11.6 Å². The van der Waals surface area contributed by atoms with E-state index in [1.165, 1.54) is 0 Å². The zero-order valence-corrected chi connectivity index (χ0v) is 13.2. The molecular formula is C15H14ClN5O2. The summed E-state index contributed by atoms with van der Waals surface area (Å²) in [7, 11) is 0. The fraction of sp³-hybridized carbons (Fsp3) is 0.333. The zero-order chi connectivity index (χ0) is 15.8. The van der Waals surface area contributed by atoms with Crippen LogP contribution in [0.4, 0.5) is 0 Å². The Morgan fingerprint density at radius 2 is 2.13 bits per heavy atom. The van der Waals surface area contributed by atoms with E-state index >= 15 is 0 Å². The number of aromatic nitrogens is 5. The van der Waals surface area contributed by atoms with Gasteiger partial charge in [0, 0.05) is 11.4 Å². The van der Waals surface area contributed by atoms with Gasteiger partial charge in [0.05, 0.1) is 18.8 Å². The normalized spacial score (nSPS) is 17.2. The van der Waals surface area contributed by atoms with Crippen molar-refractivity contribution in [3.63, 3.8) is 0 Å². The van der Waals surface area contributed by atoms with Crippen LogP contribution >= 0.6 is 11.6 Å². The third-order valence-electron chi connectivity index (χ3n) is 3.83. The molecule has 1 aliphatic rings. The highest BCUT2D eigenvalue weighted by Crippen LogP contribution is 2.30. The lowest BCUT2D eigenvalue weighted by Gasteiger charge is -2.24. The van der Waals surface area contributed by atoms with Crippen LogP contribution in [-0.2, 0) is 24.3 Å². The van der Waals surface area contributed by atoms with Crippen molar-refractivity contribution in [3.8, 4) is 11.6 Å². The molecule has 0 saturated heterocycles. The van der Waals surface area contributed by atoms with Gasteiger partial charge in [-0.2, -0.15) is 4.98 Å². The molecule has 1 atom stereocenters. The van der Waals surface area contributed by atoms with Crippen LogP contribution in [0.15, 0.2) is 28.8 Å². The van der Waals surface area contributed by atoms with Crippen molar-refractivity contribution < 1.29 is 9.26 Å². The Bertz CT molecular complexity index is 827. The molecule has 1 unspecified atom stereocenters. The second kappa shape index (κ2) is 5.75. The first kappa shape index (κ1) is 14.3. The van der Waals surface area contributed by atoms with Crippen LogP contribution in [0.5, 0.6) is 0 Å². The number of hydrogen-bond donors (Lipinski definition) is 0. The summed E-state index contributed by atoms with van der Waals surface area (Å²) in [6.07, 6.45) is 0.630. The average Bonchev–Trinajstić information content (AvgIpc) is 3.21. The number of ether oxygens (including phenoxy) is 1. The van der Waals surface area contributed by atoms with E-state index in [1.807, 2.05) is 35.9 Å². The second-order valence-corrected chi connectivity index (χ2v) is 5.72. The molecule has 4 rings (SSSR count). The summed E-state index contributed by atoms with van der Waals surface area (Å²) in [6.45, 7) is 2.94. The molecule has 0 saturated carbocycles. The van der Waals surface area contributed by atoms with Crippen LogP contribution in [0.2, 0.25) is 5.02 Å². The molecule has 0 spiro atoms. The lowest BCUT2D eigenvalue weighted by molar-refractivity contribution is -0.00117. The molecule has 0 aliphatic carbocycles. The van der Waals surface area contributed by atoms with Crippen LogP contribution in [0, 0.1) is 0 Å². The average molecular weight is 332 g/mol. The summed E-state index contributed by atoms with van der Waals surface area (Å²) in [5.41, 5.74) is 2.50. The minimum Gasteiger partial charge on any atom is -0.365 e. The summed E-state index contributed by atoms with van der Waals surface area (Å²) in [6, 6.07) is 7.63. The Morgan fingerprint density at radius 3 is 2.87 bits per heavy atom. The molecule has 8 heteroatoms. The van der Waals surface area contributed by atoms with E-state index in [0.29, 0.717) is 42.0 Å². The van der Waals surface area contributed by atoms with Gasteiger partial charge in [-0.05, 0) is 17.7 Å². The molecule has 2 aromatic heterocycles. The van der Waals surface area contributed by atoms with E-state index in [1.54, 1.807) is 0 Å². The number of rotatable bonds is 3. The maximum atomic E-state index is 5.95. The molecule has 0 amide bonds. The van der Waals surface area contributed by atoms with Crippen LogP contribution in [0.1, 0.15) is 30.1 Å². The van der Waals surface area contributed by atoms with Crippen LogP contribution in [0.3, 0.4) is 0 Å². The lowest BCUT2D eigenvalue weighted by Crippen LogP contribution is -2.22. The van der Waals surface area contributed by atoms with Gasteiger partial charge in [-0.3, -0.25) is 0 Å². The summed E-state index contributed by atoms with van der Waals surface area (Å²) < 4.78 is 13.0. The highest BCUT2D eigenvalue weighted by Gasteiger charge is 2.27. The maximum Gasteiger partial charge on any atom is 0.280 e. The number of hydrogen-bond acceptors (Lipinski definition) is 6. The van der Waals surface area contributed by atoms with Crippen molar-refractivity contribution in [2.45, 2.75) is 32.6 Å². The SMILES string of the molecule is CCc1noc(-c2nnn3c2COC(c2ccc(Cl)cc2)C3)n1. The first-order valence-electron chi connectivity index (χ1n) is 7.37. The Balaban J connectivity index is 1.60. The molecule has 3 aromatic rings. The standard InChI is InChI=1S/C15H14ClN5O2/c1-2-13-17-15(23-19-13)14-11-8-22-12(7-21(11)20-18-14)9-3-5-10(16)6-4-9/h3-6,12H,2,7-8H2,1H3. The number of halogens is 1. The van der Waals surface area contributed by atoms with Crippen LogP contribution in [0.25, 0.3) is 11.6 Å². The van der Waals surface area contributed by atoms with Crippen molar-refractivity contribution in [1.82, 2.24) is 25.1 Å². The predicted molar refractivity (Wildman–Crippen MR) is 81.7 cm³/mol. The summed E-state index contributed by atoms with van der Waals surface area (Å²) in [4.78, 5) is 4.30. The van der Waals surface area contributed by atoms with Crippen molar-refractivity contribution in [3.05, 3.63) is 46.4 Å². The number of aryl methyl sites for hydroxylation is 1. The summed E-state index contributed by atoms with van der Waals surface area (Å²) in [5.74, 6) is 1.04. The van der Waals surface area contributed by atoms with Gasteiger partial charge in [0.2, 0.25) is 0 Å². The Kier molecular flexibility index (Phi) is 3.59. The molecule has 118 valence electrons. The minimum atomic E-state index is -0.0804. The van der Waals surface area contributed by atoms with Crippen molar-refractivity contribution in [2.75, 3.05) is 0 Å². The first-order valence-corrected chi connectivity index (χ1v) is 7.74. The van der Waals surface area contributed by atoms with Gasteiger partial charge in [0.15, 0.2) is 11.5 Å². The van der Waals surface area contributed by atoms with E-state index in [0.717, 1.165) is 11.3 Å². The van der Waals surface area contributed by atoms with Gasteiger partial charge in [-0.25, -0.2) is 4.68 Å². The molecule has 3 heterocycles. The quantitative estimate of drug-likeness (QED) is 0.734. The van der Waals surface area contributed by atoms with E-state index in [2.05, 4.69) is 20.5 Å². The molecule has 0 radical (unpaired) electrons. The van der Waals surface area contributed by atoms with Gasteiger partial charge < -0.3 is 9.26 Å². The van der Waals surface area contributed by atoms with Gasteiger partial charge in [-0.1, -0.05) is 41.0 Å². The Hall–Kier alpha value is -2.25.